The lowest BCUT2D eigenvalue weighted by molar-refractivity contribution is -0.139. The number of fused-ring (bicyclic) bond motifs is 1. The van der Waals surface area contributed by atoms with Gasteiger partial charge in [-0.1, -0.05) is 12.8 Å². The van der Waals surface area contributed by atoms with Crippen LogP contribution in [0.2, 0.25) is 0 Å². The van der Waals surface area contributed by atoms with Crippen molar-refractivity contribution in [3.05, 3.63) is 27.4 Å². The molecule has 5 rings (SSSR count). The molecule has 0 radical (unpaired) electrons. The van der Waals surface area contributed by atoms with Crippen molar-refractivity contribution in [1.29, 1.82) is 0 Å². The van der Waals surface area contributed by atoms with Crippen LogP contribution < -0.4 is 5.56 Å². The van der Waals surface area contributed by atoms with Gasteiger partial charge in [0.2, 0.25) is 5.91 Å². The Morgan fingerprint density at radius 2 is 1.84 bits per heavy atom. The predicted molar refractivity (Wildman–Crippen MR) is 118 cm³/mol. The highest BCUT2D eigenvalue weighted by molar-refractivity contribution is 5.77. The van der Waals surface area contributed by atoms with E-state index < -0.39 is 0 Å². The van der Waals surface area contributed by atoms with Gasteiger partial charge in [0.15, 0.2) is 0 Å². The maximum atomic E-state index is 13.2. The van der Waals surface area contributed by atoms with Gasteiger partial charge in [0, 0.05) is 37.8 Å². The number of carbonyl (C=O) groups excluding carboxylic acids is 1. The van der Waals surface area contributed by atoms with Crippen LogP contribution in [0, 0.1) is 0 Å². The highest BCUT2D eigenvalue weighted by atomic mass is 16.5. The summed E-state index contributed by atoms with van der Waals surface area (Å²) < 4.78 is 5.81. The third-order valence-corrected chi connectivity index (χ3v) is 7.78. The van der Waals surface area contributed by atoms with Crippen molar-refractivity contribution >= 4 is 5.91 Å². The summed E-state index contributed by atoms with van der Waals surface area (Å²) in [6.07, 6.45) is 12.5. The first-order valence-corrected chi connectivity index (χ1v) is 12.5. The number of carbonyl (C=O) groups is 1. The summed E-state index contributed by atoms with van der Waals surface area (Å²) >= 11 is 0. The second-order valence-electron chi connectivity index (χ2n) is 9.83. The van der Waals surface area contributed by atoms with E-state index >= 15 is 0 Å². The van der Waals surface area contributed by atoms with Gasteiger partial charge in [-0.25, -0.2) is 4.98 Å². The van der Waals surface area contributed by atoms with E-state index in [1.807, 2.05) is 4.90 Å². The van der Waals surface area contributed by atoms with Crippen molar-refractivity contribution in [2.75, 3.05) is 19.7 Å². The monoisotopic (exact) mass is 428 g/mol. The van der Waals surface area contributed by atoms with E-state index in [0.29, 0.717) is 18.3 Å². The lowest BCUT2D eigenvalue weighted by Gasteiger charge is -2.37. The molecular weight excluding hydrogens is 392 g/mol. The fraction of sp³-hybridized carbons (Fsp3) is 0.792. The normalized spacial score (nSPS) is 27.9. The second kappa shape index (κ2) is 9.41. The number of nitrogens with one attached hydrogen (secondary N) is 1. The van der Waals surface area contributed by atoms with E-state index in [0.717, 1.165) is 82.4 Å². The summed E-state index contributed by atoms with van der Waals surface area (Å²) in [5.41, 5.74) is 1.78. The van der Waals surface area contributed by atoms with E-state index in [1.165, 1.54) is 25.7 Å². The second-order valence-corrected chi connectivity index (χ2v) is 9.83. The summed E-state index contributed by atoms with van der Waals surface area (Å²) in [6, 6.07) is 0.519. The van der Waals surface area contributed by atoms with E-state index in [-0.39, 0.29) is 23.6 Å². The third-order valence-electron chi connectivity index (χ3n) is 7.78. The lowest BCUT2D eigenvalue weighted by atomic mass is 9.98. The molecule has 3 fully saturated rings. The lowest BCUT2D eigenvalue weighted by Crippen LogP contribution is -2.43. The summed E-state index contributed by atoms with van der Waals surface area (Å²) in [5.74, 6) is 0.833. The zero-order valence-electron chi connectivity index (χ0n) is 18.6. The molecule has 7 heteroatoms. The summed E-state index contributed by atoms with van der Waals surface area (Å²) in [7, 11) is 0. The van der Waals surface area contributed by atoms with Crippen LogP contribution in [0.3, 0.4) is 0 Å². The van der Waals surface area contributed by atoms with Gasteiger partial charge >= 0.3 is 0 Å². The van der Waals surface area contributed by atoms with Crippen molar-refractivity contribution in [2.24, 2.45) is 0 Å². The number of rotatable bonds is 4. The van der Waals surface area contributed by atoms with Gasteiger partial charge in [-0.15, -0.1) is 0 Å². The topological polar surface area (TPSA) is 78.5 Å². The number of hydrogen-bond acceptors (Lipinski definition) is 5. The molecule has 0 unspecified atom stereocenters. The van der Waals surface area contributed by atoms with E-state index in [4.69, 9.17) is 9.72 Å². The van der Waals surface area contributed by atoms with Crippen LogP contribution in [-0.4, -0.2) is 57.5 Å². The largest absolute Gasteiger partial charge is 0.378 e. The molecular formula is C24H36N4O3. The summed E-state index contributed by atoms with van der Waals surface area (Å²) in [6.45, 7) is 3.23. The zero-order chi connectivity index (χ0) is 21.2. The molecule has 1 amide bonds. The summed E-state index contributed by atoms with van der Waals surface area (Å²) in [5, 5.41) is 0. The SMILES string of the molecule is O=C(C[C@@H]1CCCCO1)N1CCCC[C@H]1c1nc2c(c(=O)[nH]1)CCN(C1CCCC1)C2. The first kappa shape index (κ1) is 21.1. The molecule has 1 aromatic rings. The van der Waals surface area contributed by atoms with E-state index in [2.05, 4.69) is 9.88 Å². The minimum atomic E-state index is -0.121. The van der Waals surface area contributed by atoms with E-state index in [9.17, 15) is 9.59 Å². The Labute approximate surface area is 184 Å². The minimum absolute atomic E-state index is 0.000316. The molecule has 7 nitrogen and oxygen atoms in total. The fourth-order valence-electron chi connectivity index (χ4n) is 6.01. The van der Waals surface area contributed by atoms with Crippen LogP contribution in [-0.2, 0) is 22.5 Å². The number of nitrogens with zero attached hydrogens (tertiary/aromatic N) is 3. The molecule has 2 saturated heterocycles. The Kier molecular flexibility index (Phi) is 6.41. The van der Waals surface area contributed by atoms with Crippen molar-refractivity contribution in [3.63, 3.8) is 0 Å². The molecule has 0 spiro atoms. The number of amides is 1. The third kappa shape index (κ3) is 4.58. The molecule has 0 aromatic carbocycles. The molecule has 1 saturated carbocycles. The van der Waals surface area contributed by atoms with E-state index in [1.54, 1.807) is 0 Å². The van der Waals surface area contributed by atoms with Crippen LogP contribution in [0.5, 0.6) is 0 Å². The molecule has 4 heterocycles. The number of ether oxygens (including phenoxy) is 1. The molecule has 1 aromatic heterocycles. The Morgan fingerprint density at radius 3 is 2.65 bits per heavy atom. The number of piperidine rings is 1. The van der Waals surface area contributed by atoms with Gasteiger partial charge in [0.25, 0.3) is 5.56 Å². The molecule has 2 atom stereocenters. The molecule has 0 bridgehead atoms. The number of H-pyrrole nitrogens is 1. The molecule has 170 valence electrons. The van der Waals surface area contributed by atoms with Crippen molar-refractivity contribution in [3.8, 4) is 0 Å². The minimum Gasteiger partial charge on any atom is -0.378 e. The van der Waals surface area contributed by atoms with Crippen LogP contribution in [0.25, 0.3) is 0 Å². The van der Waals surface area contributed by atoms with Gasteiger partial charge in [0.1, 0.15) is 5.82 Å². The van der Waals surface area contributed by atoms with Gasteiger partial charge in [-0.05, 0) is 57.8 Å². The maximum Gasteiger partial charge on any atom is 0.254 e. The Balaban J connectivity index is 1.35. The maximum absolute atomic E-state index is 13.2. The first-order valence-electron chi connectivity index (χ1n) is 12.5. The highest BCUT2D eigenvalue weighted by Gasteiger charge is 2.33. The average Bonchev–Trinajstić information content (AvgIpc) is 3.34. The number of aromatic nitrogens is 2. The van der Waals surface area contributed by atoms with Crippen molar-refractivity contribution in [1.82, 2.24) is 19.8 Å². The predicted octanol–water partition coefficient (Wildman–Crippen LogP) is 3.08. The molecule has 4 aliphatic rings. The summed E-state index contributed by atoms with van der Waals surface area (Å²) in [4.78, 5) is 38.6. The highest BCUT2D eigenvalue weighted by Crippen LogP contribution is 2.32. The van der Waals surface area contributed by atoms with Gasteiger partial charge in [-0.2, -0.15) is 0 Å². The van der Waals surface area contributed by atoms with Gasteiger partial charge in [0.05, 0.1) is 24.3 Å². The van der Waals surface area contributed by atoms with Crippen LogP contribution in [0.15, 0.2) is 4.79 Å². The van der Waals surface area contributed by atoms with Crippen LogP contribution >= 0.6 is 0 Å². The average molecular weight is 429 g/mol. The zero-order valence-corrected chi connectivity index (χ0v) is 18.6. The molecule has 1 aliphatic carbocycles. The van der Waals surface area contributed by atoms with Crippen LogP contribution in [0.4, 0.5) is 0 Å². The molecule has 3 aliphatic heterocycles. The fourth-order valence-corrected chi connectivity index (χ4v) is 6.01. The molecule has 1 N–H and O–H groups in total. The van der Waals surface area contributed by atoms with Crippen LogP contribution in [0.1, 0.15) is 93.8 Å². The Bertz CT molecular complexity index is 842. The number of likely N-dealkylation sites (tertiary alicyclic amines) is 1. The molecule has 31 heavy (non-hydrogen) atoms. The van der Waals surface area contributed by atoms with Crippen molar-refractivity contribution in [2.45, 2.75) is 102 Å². The number of aromatic amines is 1. The standard InChI is InChI=1S/C24H36N4O3/c29-22(15-18-9-4-6-14-31-18)28-12-5-3-10-21(28)23-25-20-16-27(17-7-1-2-8-17)13-11-19(20)24(30)26-23/h17-18,21H,1-16H2,(H,25,26,30)/t18-,21-/m0/s1. The Hall–Kier alpha value is -1.73. The smallest absolute Gasteiger partial charge is 0.254 e. The van der Waals surface area contributed by atoms with Gasteiger partial charge < -0.3 is 14.6 Å². The van der Waals surface area contributed by atoms with Gasteiger partial charge in [-0.3, -0.25) is 14.5 Å². The first-order chi connectivity index (χ1) is 15.2. The van der Waals surface area contributed by atoms with Crippen molar-refractivity contribution < 1.29 is 9.53 Å². The number of hydrogen-bond donors (Lipinski definition) is 1. The quantitative estimate of drug-likeness (QED) is 0.797. The Morgan fingerprint density at radius 1 is 1.03 bits per heavy atom.